The van der Waals surface area contributed by atoms with Crippen LogP contribution in [-0.4, -0.2) is 10.9 Å². The predicted molar refractivity (Wildman–Crippen MR) is 47.5 cm³/mol. The number of primary amides is 1. The summed E-state index contributed by atoms with van der Waals surface area (Å²) < 4.78 is 0. The molecule has 0 radical (unpaired) electrons. The molecule has 1 amide bonds. The summed E-state index contributed by atoms with van der Waals surface area (Å²) in [6, 6.07) is 1.64. The third kappa shape index (κ3) is 2.36. The highest BCUT2D eigenvalue weighted by Crippen LogP contribution is 2.14. The van der Waals surface area contributed by atoms with Crippen molar-refractivity contribution in [1.82, 2.24) is 4.98 Å². The molecule has 3 nitrogen and oxygen atoms in total. The van der Waals surface area contributed by atoms with Crippen LogP contribution in [0.3, 0.4) is 0 Å². The summed E-state index contributed by atoms with van der Waals surface area (Å²) >= 11 is 5.76. The first-order chi connectivity index (χ1) is 5.70. The number of carbonyl (C=O) groups is 1. The van der Waals surface area contributed by atoms with Crippen molar-refractivity contribution in [1.29, 1.82) is 0 Å². The molecule has 12 heavy (non-hydrogen) atoms. The Balaban J connectivity index is 2.89. The second-order valence-corrected chi connectivity index (χ2v) is 2.54. The van der Waals surface area contributed by atoms with Gasteiger partial charge < -0.3 is 5.73 Å². The standard InChI is InChI=1S/C8H7ClN2O/c9-7-3-4-11-5-6(7)1-2-8(10)12/h1-5H,(H2,10,12). The molecular formula is C8H7ClN2O. The maximum Gasteiger partial charge on any atom is 0.241 e. The Morgan fingerprint density at radius 1 is 1.67 bits per heavy atom. The van der Waals surface area contributed by atoms with E-state index >= 15 is 0 Å². The number of rotatable bonds is 2. The Bertz CT molecular complexity index is 323. The number of aromatic nitrogens is 1. The van der Waals surface area contributed by atoms with Gasteiger partial charge in [-0.2, -0.15) is 0 Å². The summed E-state index contributed by atoms with van der Waals surface area (Å²) in [5, 5.41) is 0.544. The van der Waals surface area contributed by atoms with Gasteiger partial charge in [-0.15, -0.1) is 0 Å². The number of hydrogen-bond acceptors (Lipinski definition) is 2. The highest BCUT2D eigenvalue weighted by atomic mass is 35.5. The average Bonchev–Trinajstić information content (AvgIpc) is 2.03. The summed E-state index contributed by atoms with van der Waals surface area (Å²) in [6.07, 6.45) is 5.90. The van der Waals surface area contributed by atoms with Crippen LogP contribution in [-0.2, 0) is 4.79 Å². The average molecular weight is 183 g/mol. The van der Waals surface area contributed by atoms with E-state index in [1.54, 1.807) is 18.5 Å². The van der Waals surface area contributed by atoms with Crippen molar-refractivity contribution in [3.8, 4) is 0 Å². The van der Waals surface area contributed by atoms with Crippen LogP contribution in [0.15, 0.2) is 24.5 Å². The van der Waals surface area contributed by atoms with Crippen LogP contribution >= 0.6 is 11.6 Å². The summed E-state index contributed by atoms with van der Waals surface area (Å²) in [5.74, 6) is -0.505. The first-order valence-corrected chi connectivity index (χ1v) is 3.65. The van der Waals surface area contributed by atoms with Crippen LogP contribution in [0.4, 0.5) is 0 Å². The number of nitrogens with zero attached hydrogens (tertiary/aromatic N) is 1. The molecule has 4 heteroatoms. The Morgan fingerprint density at radius 2 is 2.42 bits per heavy atom. The van der Waals surface area contributed by atoms with Gasteiger partial charge in [0.15, 0.2) is 0 Å². The maximum absolute atomic E-state index is 10.4. The molecule has 0 atom stereocenters. The third-order valence-electron chi connectivity index (χ3n) is 1.22. The fourth-order valence-electron chi connectivity index (χ4n) is 0.684. The van der Waals surface area contributed by atoms with Gasteiger partial charge in [-0.25, -0.2) is 0 Å². The van der Waals surface area contributed by atoms with E-state index in [-0.39, 0.29) is 0 Å². The summed E-state index contributed by atoms with van der Waals surface area (Å²) in [4.78, 5) is 14.2. The van der Waals surface area contributed by atoms with Crippen molar-refractivity contribution in [2.75, 3.05) is 0 Å². The summed E-state index contributed by atoms with van der Waals surface area (Å²) in [7, 11) is 0. The van der Waals surface area contributed by atoms with E-state index < -0.39 is 5.91 Å². The predicted octanol–water partition coefficient (Wildman–Crippen LogP) is 1.23. The molecule has 0 saturated heterocycles. The zero-order valence-electron chi connectivity index (χ0n) is 6.20. The molecule has 1 aromatic heterocycles. The van der Waals surface area contributed by atoms with Crippen molar-refractivity contribution < 1.29 is 4.79 Å². The highest BCUT2D eigenvalue weighted by Gasteiger charge is 1.94. The zero-order chi connectivity index (χ0) is 8.97. The van der Waals surface area contributed by atoms with Crippen molar-refractivity contribution in [2.24, 2.45) is 5.73 Å². The Kier molecular flexibility index (Phi) is 2.82. The van der Waals surface area contributed by atoms with E-state index in [4.69, 9.17) is 17.3 Å². The van der Waals surface area contributed by atoms with Crippen molar-refractivity contribution in [2.45, 2.75) is 0 Å². The Hall–Kier alpha value is -1.35. The first-order valence-electron chi connectivity index (χ1n) is 3.27. The molecule has 0 aliphatic heterocycles. The van der Waals surface area contributed by atoms with Crippen LogP contribution < -0.4 is 5.73 Å². The largest absolute Gasteiger partial charge is 0.366 e. The quantitative estimate of drug-likeness (QED) is 0.700. The lowest BCUT2D eigenvalue weighted by Crippen LogP contribution is -2.05. The van der Waals surface area contributed by atoms with Gasteiger partial charge in [0.2, 0.25) is 5.91 Å². The minimum Gasteiger partial charge on any atom is -0.366 e. The number of halogens is 1. The Morgan fingerprint density at radius 3 is 3.00 bits per heavy atom. The van der Waals surface area contributed by atoms with Gasteiger partial charge in [0.1, 0.15) is 0 Å². The molecule has 0 fully saturated rings. The van der Waals surface area contributed by atoms with Crippen LogP contribution in [0, 0.1) is 0 Å². The molecule has 0 spiro atoms. The van der Waals surface area contributed by atoms with Crippen molar-refractivity contribution >= 4 is 23.6 Å². The maximum atomic E-state index is 10.4. The number of amides is 1. The van der Waals surface area contributed by atoms with Gasteiger partial charge in [0, 0.05) is 24.0 Å². The smallest absolute Gasteiger partial charge is 0.241 e. The minimum atomic E-state index is -0.505. The summed E-state index contributed by atoms with van der Waals surface area (Å²) in [5.41, 5.74) is 5.58. The van der Waals surface area contributed by atoms with Crippen LogP contribution in [0.5, 0.6) is 0 Å². The van der Waals surface area contributed by atoms with Gasteiger partial charge in [0.05, 0.1) is 5.02 Å². The molecule has 0 aliphatic carbocycles. The fraction of sp³-hybridized carbons (Fsp3) is 0. The topological polar surface area (TPSA) is 56.0 Å². The van der Waals surface area contributed by atoms with E-state index in [0.29, 0.717) is 10.6 Å². The molecule has 0 aromatic carbocycles. The second-order valence-electron chi connectivity index (χ2n) is 2.13. The molecular weight excluding hydrogens is 176 g/mol. The number of pyridine rings is 1. The molecule has 1 heterocycles. The molecule has 2 N–H and O–H groups in total. The normalized spacial score (nSPS) is 10.4. The SMILES string of the molecule is NC(=O)C=Cc1cnccc1Cl. The van der Waals surface area contributed by atoms with Crippen LogP contribution in [0.1, 0.15) is 5.56 Å². The Labute approximate surface area is 74.9 Å². The lowest BCUT2D eigenvalue weighted by Gasteiger charge is -1.93. The van der Waals surface area contributed by atoms with Gasteiger partial charge in [-0.1, -0.05) is 11.6 Å². The van der Waals surface area contributed by atoms with Crippen molar-refractivity contribution in [3.05, 3.63) is 35.1 Å². The number of carbonyl (C=O) groups excluding carboxylic acids is 1. The second kappa shape index (κ2) is 3.88. The van der Waals surface area contributed by atoms with E-state index in [0.717, 1.165) is 0 Å². The molecule has 0 bridgehead atoms. The van der Waals surface area contributed by atoms with Gasteiger partial charge in [-0.3, -0.25) is 9.78 Å². The van der Waals surface area contributed by atoms with E-state index in [1.165, 1.54) is 12.2 Å². The van der Waals surface area contributed by atoms with E-state index in [1.807, 2.05) is 0 Å². The highest BCUT2D eigenvalue weighted by molar-refractivity contribution is 6.32. The molecule has 0 aliphatic rings. The molecule has 1 rings (SSSR count). The van der Waals surface area contributed by atoms with Crippen molar-refractivity contribution in [3.63, 3.8) is 0 Å². The number of nitrogens with two attached hydrogens (primary N) is 1. The molecule has 0 saturated carbocycles. The number of hydrogen-bond donors (Lipinski definition) is 1. The summed E-state index contributed by atoms with van der Waals surface area (Å²) in [6.45, 7) is 0. The third-order valence-corrected chi connectivity index (χ3v) is 1.57. The van der Waals surface area contributed by atoms with Gasteiger partial charge >= 0.3 is 0 Å². The monoisotopic (exact) mass is 182 g/mol. The van der Waals surface area contributed by atoms with Gasteiger partial charge in [-0.05, 0) is 12.1 Å². The lowest BCUT2D eigenvalue weighted by atomic mass is 10.2. The van der Waals surface area contributed by atoms with Crippen LogP contribution in [0.2, 0.25) is 5.02 Å². The van der Waals surface area contributed by atoms with Crippen LogP contribution in [0.25, 0.3) is 6.08 Å². The molecule has 0 unspecified atom stereocenters. The molecule has 1 aromatic rings. The lowest BCUT2D eigenvalue weighted by molar-refractivity contribution is -0.113. The first kappa shape index (κ1) is 8.74. The minimum absolute atomic E-state index is 0.505. The van der Waals surface area contributed by atoms with E-state index in [9.17, 15) is 4.79 Å². The zero-order valence-corrected chi connectivity index (χ0v) is 6.95. The van der Waals surface area contributed by atoms with E-state index in [2.05, 4.69) is 4.98 Å². The fourth-order valence-corrected chi connectivity index (χ4v) is 0.852. The molecule has 62 valence electrons. The van der Waals surface area contributed by atoms with Gasteiger partial charge in [0.25, 0.3) is 0 Å².